The third kappa shape index (κ3) is 7.05. The normalized spacial score (nSPS) is 14.5. The summed E-state index contributed by atoms with van der Waals surface area (Å²) < 4.78 is 10.6. The molecule has 0 spiro atoms. The Bertz CT molecular complexity index is 968. The first kappa shape index (κ1) is 24.3. The third-order valence-electron chi connectivity index (χ3n) is 5.36. The van der Waals surface area contributed by atoms with Gasteiger partial charge in [0.1, 0.15) is 6.04 Å². The van der Waals surface area contributed by atoms with Gasteiger partial charge in [-0.2, -0.15) is 0 Å². The maximum Gasteiger partial charge on any atom is 0.329 e. The predicted molar refractivity (Wildman–Crippen MR) is 126 cm³/mol. The van der Waals surface area contributed by atoms with Crippen molar-refractivity contribution in [2.75, 3.05) is 43.1 Å². The summed E-state index contributed by atoms with van der Waals surface area (Å²) in [6, 6.07) is 13.7. The van der Waals surface area contributed by atoms with Gasteiger partial charge in [0, 0.05) is 30.0 Å². The Balaban J connectivity index is 1.50. The van der Waals surface area contributed by atoms with Crippen LogP contribution in [-0.2, 0) is 19.1 Å². The predicted octanol–water partition coefficient (Wildman–Crippen LogP) is 2.77. The highest BCUT2D eigenvalue weighted by atomic mass is 16.5. The van der Waals surface area contributed by atoms with E-state index in [1.807, 2.05) is 37.3 Å². The highest BCUT2D eigenvalue weighted by Crippen LogP contribution is 2.19. The third-order valence-corrected chi connectivity index (χ3v) is 5.36. The minimum absolute atomic E-state index is 0.206. The van der Waals surface area contributed by atoms with Gasteiger partial charge in [0.25, 0.3) is 11.8 Å². The molecule has 1 fully saturated rings. The zero-order chi connectivity index (χ0) is 23.8. The van der Waals surface area contributed by atoms with E-state index in [0.717, 1.165) is 24.3 Å². The molecule has 0 saturated carbocycles. The highest BCUT2D eigenvalue weighted by Gasteiger charge is 2.27. The number of esters is 1. The summed E-state index contributed by atoms with van der Waals surface area (Å²) in [5.74, 6) is -1.67. The van der Waals surface area contributed by atoms with Gasteiger partial charge in [0.15, 0.2) is 6.61 Å². The minimum Gasteiger partial charge on any atom is -0.454 e. The number of amides is 2. The van der Waals surface area contributed by atoms with Crippen LogP contribution >= 0.6 is 0 Å². The molecule has 1 saturated heterocycles. The van der Waals surface area contributed by atoms with Crippen molar-refractivity contribution >= 4 is 29.2 Å². The smallest absolute Gasteiger partial charge is 0.329 e. The van der Waals surface area contributed by atoms with Crippen molar-refractivity contribution in [2.45, 2.75) is 26.8 Å². The average Bonchev–Trinajstić information content (AvgIpc) is 2.81. The van der Waals surface area contributed by atoms with Crippen molar-refractivity contribution in [2.24, 2.45) is 5.92 Å². The number of ether oxygens (including phenoxy) is 2. The lowest BCUT2D eigenvalue weighted by atomic mass is 10.0. The second kappa shape index (κ2) is 11.5. The maximum absolute atomic E-state index is 12.6. The maximum atomic E-state index is 12.6. The fraction of sp³-hybridized carbons (Fsp3) is 0.400. The van der Waals surface area contributed by atoms with Gasteiger partial charge in [0.05, 0.1) is 13.2 Å². The molecular formula is C25H31N3O5. The standard InChI is InChI=1S/C25H31N3O5/c1-17(2)23(27-24(30)19-6-4-5-18(3)15-19)25(31)33-16-22(29)26-20-7-9-21(10-8-20)28-11-13-32-14-12-28/h4-10,15,17,23H,11-14,16H2,1-3H3,(H,26,29)(H,27,30)/t23-/m0/s1. The molecule has 1 heterocycles. The summed E-state index contributed by atoms with van der Waals surface area (Å²) in [5, 5.41) is 5.43. The van der Waals surface area contributed by atoms with Crippen molar-refractivity contribution in [1.82, 2.24) is 5.32 Å². The van der Waals surface area contributed by atoms with E-state index in [1.54, 1.807) is 32.0 Å². The first-order valence-electron chi connectivity index (χ1n) is 11.1. The van der Waals surface area contributed by atoms with Gasteiger partial charge in [-0.25, -0.2) is 4.79 Å². The van der Waals surface area contributed by atoms with Crippen LogP contribution in [0.1, 0.15) is 29.8 Å². The van der Waals surface area contributed by atoms with Crippen LogP contribution in [0.4, 0.5) is 11.4 Å². The Morgan fingerprint density at radius 3 is 2.39 bits per heavy atom. The lowest BCUT2D eigenvalue weighted by Gasteiger charge is -2.28. The van der Waals surface area contributed by atoms with E-state index in [2.05, 4.69) is 15.5 Å². The Hall–Kier alpha value is -3.39. The lowest BCUT2D eigenvalue weighted by molar-refractivity contribution is -0.150. The first-order chi connectivity index (χ1) is 15.8. The summed E-state index contributed by atoms with van der Waals surface area (Å²) in [4.78, 5) is 39.6. The Kier molecular flexibility index (Phi) is 8.43. The van der Waals surface area contributed by atoms with E-state index in [9.17, 15) is 14.4 Å². The molecule has 1 aliphatic rings. The van der Waals surface area contributed by atoms with Crippen LogP contribution in [0, 0.1) is 12.8 Å². The van der Waals surface area contributed by atoms with Gasteiger partial charge in [-0.05, 0) is 49.2 Å². The molecule has 176 valence electrons. The quantitative estimate of drug-likeness (QED) is 0.597. The number of hydrogen-bond donors (Lipinski definition) is 2. The molecule has 0 radical (unpaired) electrons. The Morgan fingerprint density at radius 1 is 1.06 bits per heavy atom. The number of benzene rings is 2. The largest absolute Gasteiger partial charge is 0.454 e. The van der Waals surface area contributed by atoms with Crippen LogP contribution in [0.2, 0.25) is 0 Å². The Morgan fingerprint density at radius 2 is 1.76 bits per heavy atom. The minimum atomic E-state index is -0.862. The monoisotopic (exact) mass is 453 g/mol. The van der Waals surface area contributed by atoms with Crippen molar-refractivity contribution < 1.29 is 23.9 Å². The van der Waals surface area contributed by atoms with Crippen molar-refractivity contribution in [3.05, 3.63) is 59.7 Å². The first-order valence-corrected chi connectivity index (χ1v) is 11.1. The second-order valence-electron chi connectivity index (χ2n) is 8.37. The molecule has 2 N–H and O–H groups in total. The van der Waals surface area contributed by atoms with Crippen molar-refractivity contribution in [3.8, 4) is 0 Å². The molecule has 1 atom stereocenters. The number of carbonyl (C=O) groups is 3. The molecule has 8 heteroatoms. The van der Waals surface area contributed by atoms with Gasteiger partial charge in [-0.15, -0.1) is 0 Å². The Labute approximate surface area is 194 Å². The van der Waals surface area contributed by atoms with E-state index in [0.29, 0.717) is 24.5 Å². The van der Waals surface area contributed by atoms with Crippen molar-refractivity contribution in [3.63, 3.8) is 0 Å². The van der Waals surface area contributed by atoms with Gasteiger partial charge in [-0.1, -0.05) is 31.5 Å². The molecule has 2 amide bonds. The molecule has 33 heavy (non-hydrogen) atoms. The van der Waals surface area contributed by atoms with Gasteiger partial charge >= 0.3 is 5.97 Å². The number of hydrogen-bond acceptors (Lipinski definition) is 6. The second-order valence-corrected chi connectivity index (χ2v) is 8.37. The number of nitrogens with one attached hydrogen (secondary N) is 2. The molecule has 8 nitrogen and oxygen atoms in total. The number of anilines is 2. The van der Waals surface area contributed by atoms with Crippen LogP contribution in [0.5, 0.6) is 0 Å². The molecule has 2 aromatic rings. The summed E-state index contributed by atoms with van der Waals surface area (Å²) >= 11 is 0. The number of nitrogens with zero attached hydrogens (tertiary/aromatic N) is 1. The summed E-state index contributed by atoms with van der Waals surface area (Å²) in [5.41, 5.74) is 3.08. The number of morpholine rings is 1. The van der Waals surface area contributed by atoms with Crippen LogP contribution in [0.15, 0.2) is 48.5 Å². The molecule has 3 rings (SSSR count). The van der Waals surface area contributed by atoms with E-state index in [1.165, 1.54) is 0 Å². The van der Waals surface area contributed by atoms with E-state index in [-0.39, 0.29) is 11.8 Å². The molecule has 2 aromatic carbocycles. The molecule has 0 aliphatic carbocycles. The lowest BCUT2D eigenvalue weighted by Crippen LogP contribution is -2.46. The fourth-order valence-corrected chi connectivity index (χ4v) is 3.51. The molecule has 1 aliphatic heterocycles. The summed E-state index contributed by atoms with van der Waals surface area (Å²) in [6.07, 6.45) is 0. The number of aryl methyl sites for hydroxylation is 1. The summed E-state index contributed by atoms with van der Waals surface area (Å²) in [7, 11) is 0. The van der Waals surface area contributed by atoms with Crippen LogP contribution in [-0.4, -0.2) is 56.7 Å². The zero-order valence-electron chi connectivity index (χ0n) is 19.3. The van der Waals surface area contributed by atoms with Crippen LogP contribution in [0.25, 0.3) is 0 Å². The topological polar surface area (TPSA) is 97.0 Å². The zero-order valence-corrected chi connectivity index (χ0v) is 19.3. The van der Waals surface area contributed by atoms with Crippen LogP contribution in [0.3, 0.4) is 0 Å². The van der Waals surface area contributed by atoms with E-state index >= 15 is 0 Å². The molecule has 0 unspecified atom stereocenters. The molecule has 0 bridgehead atoms. The highest BCUT2D eigenvalue weighted by molar-refractivity contribution is 5.97. The SMILES string of the molecule is Cc1cccc(C(=O)N[C@H](C(=O)OCC(=O)Nc2ccc(N3CCOCC3)cc2)C(C)C)c1. The average molecular weight is 454 g/mol. The fourth-order valence-electron chi connectivity index (χ4n) is 3.51. The number of rotatable bonds is 8. The summed E-state index contributed by atoms with van der Waals surface area (Å²) in [6.45, 7) is 8.13. The number of carbonyl (C=O) groups excluding carboxylic acids is 3. The van der Waals surface area contributed by atoms with Crippen LogP contribution < -0.4 is 15.5 Å². The van der Waals surface area contributed by atoms with Gasteiger partial charge in [0.2, 0.25) is 0 Å². The molecular weight excluding hydrogens is 422 g/mol. The molecule has 0 aromatic heterocycles. The van der Waals surface area contributed by atoms with Gasteiger partial charge < -0.3 is 25.0 Å². The van der Waals surface area contributed by atoms with Gasteiger partial charge in [-0.3, -0.25) is 9.59 Å². The van der Waals surface area contributed by atoms with E-state index in [4.69, 9.17) is 9.47 Å². The van der Waals surface area contributed by atoms with E-state index < -0.39 is 24.5 Å². The van der Waals surface area contributed by atoms with Crippen molar-refractivity contribution in [1.29, 1.82) is 0 Å².